The van der Waals surface area contributed by atoms with Gasteiger partial charge in [0.05, 0.1) is 6.07 Å². The first-order valence-electron chi connectivity index (χ1n) is 5.38. The average molecular weight is 267 g/mol. The summed E-state index contributed by atoms with van der Waals surface area (Å²) in [5.41, 5.74) is -0.279. The van der Waals surface area contributed by atoms with Crippen LogP contribution in [0.4, 0.5) is 4.39 Å². The van der Waals surface area contributed by atoms with Gasteiger partial charge in [0.25, 0.3) is 0 Å². The summed E-state index contributed by atoms with van der Waals surface area (Å²) in [7, 11) is 1.24. The van der Waals surface area contributed by atoms with Crippen molar-refractivity contribution in [2.24, 2.45) is 0 Å². The van der Waals surface area contributed by atoms with Crippen LogP contribution in [0.2, 0.25) is 0 Å². The lowest BCUT2D eigenvalue weighted by molar-refractivity contribution is -0.506. The third kappa shape index (κ3) is 2.61. The van der Waals surface area contributed by atoms with Gasteiger partial charge in [0.2, 0.25) is 6.29 Å². The maximum absolute atomic E-state index is 12.8. The van der Waals surface area contributed by atoms with E-state index in [1.54, 1.807) is 0 Å². The summed E-state index contributed by atoms with van der Waals surface area (Å²) < 4.78 is 18.5. The second-order valence-electron chi connectivity index (χ2n) is 3.79. The summed E-state index contributed by atoms with van der Waals surface area (Å²) >= 11 is 0. The number of methoxy groups -OCH3 is 1. The molecule has 0 fully saturated rings. The second kappa shape index (κ2) is 5.17. The van der Waals surface area contributed by atoms with E-state index in [0.29, 0.717) is 5.69 Å². The minimum Gasteiger partial charge on any atom is -0.502 e. The number of H-pyrrole nitrogens is 1. The van der Waals surface area contributed by atoms with E-state index in [4.69, 9.17) is 0 Å². The first kappa shape index (κ1) is 13.2. The predicted octanol–water partition coefficient (Wildman–Crippen LogP) is 0.134. The van der Waals surface area contributed by atoms with Gasteiger partial charge in [0, 0.05) is 7.11 Å². The molecule has 1 atom stereocenters. The van der Waals surface area contributed by atoms with Crippen molar-refractivity contribution >= 4 is 0 Å². The van der Waals surface area contributed by atoms with Gasteiger partial charge in [-0.05, 0) is 24.3 Å². The van der Waals surface area contributed by atoms with Crippen molar-refractivity contribution in [3.8, 4) is 11.4 Å². The Hall–Kier alpha value is -2.25. The highest BCUT2D eigenvalue weighted by Gasteiger charge is 2.23. The third-order valence-electron chi connectivity index (χ3n) is 2.54. The van der Waals surface area contributed by atoms with Crippen LogP contribution in [0, 0.1) is 5.82 Å². The zero-order chi connectivity index (χ0) is 14.0. The minimum absolute atomic E-state index is 0.0774. The molecule has 0 aliphatic rings. The largest absolute Gasteiger partial charge is 0.502 e. The molecule has 0 spiro atoms. The topological polar surface area (TPSA) is 85.8 Å². The highest BCUT2D eigenvalue weighted by Crippen LogP contribution is 2.17. The Kier molecular flexibility index (Phi) is 3.59. The number of benzene rings is 1. The molecule has 2 aromatic rings. The Bertz CT molecular complexity index is 639. The van der Waals surface area contributed by atoms with Gasteiger partial charge < -0.3 is 14.9 Å². The Morgan fingerprint density at radius 1 is 1.37 bits per heavy atom. The van der Waals surface area contributed by atoms with E-state index in [2.05, 4.69) is 9.84 Å². The first-order chi connectivity index (χ1) is 9.02. The Labute approximate surface area is 107 Å². The molecule has 2 rings (SSSR count). The van der Waals surface area contributed by atoms with E-state index in [0.717, 1.165) is 10.7 Å². The van der Waals surface area contributed by atoms with Crippen molar-refractivity contribution in [3.05, 3.63) is 52.2 Å². The molecule has 1 aromatic heterocycles. The van der Waals surface area contributed by atoms with Crippen LogP contribution in [0.15, 0.2) is 35.1 Å². The molecule has 1 heterocycles. The molecule has 0 saturated carbocycles. The predicted molar refractivity (Wildman–Crippen MR) is 62.2 cm³/mol. The van der Waals surface area contributed by atoms with Gasteiger partial charge in [-0.25, -0.2) is 4.39 Å². The number of nitrogens with zero attached hydrogens (tertiary/aromatic N) is 1. The number of aliphatic hydroxyl groups excluding tert-OH is 1. The van der Waals surface area contributed by atoms with Gasteiger partial charge in [-0.3, -0.25) is 4.79 Å². The van der Waals surface area contributed by atoms with E-state index in [1.165, 1.54) is 31.4 Å². The van der Waals surface area contributed by atoms with E-state index >= 15 is 0 Å². The highest BCUT2D eigenvalue weighted by molar-refractivity contribution is 5.31. The monoisotopic (exact) mass is 267 g/mol. The van der Waals surface area contributed by atoms with Crippen molar-refractivity contribution < 1.29 is 24.4 Å². The van der Waals surface area contributed by atoms with E-state index in [1.807, 2.05) is 0 Å². The number of aliphatic hydroxyl groups is 1. The molecule has 0 saturated heterocycles. The van der Waals surface area contributed by atoms with Crippen LogP contribution in [0.1, 0.15) is 12.0 Å². The fourth-order valence-electron chi connectivity index (χ4n) is 1.57. The van der Waals surface area contributed by atoms with Crippen LogP contribution < -0.4 is 10.7 Å². The summed E-state index contributed by atoms with van der Waals surface area (Å²) in [5, 5.41) is 21.6. The molecule has 0 bridgehead atoms. The zero-order valence-corrected chi connectivity index (χ0v) is 10.0. The first-order valence-corrected chi connectivity index (χ1v) is 5.38. The standard InChI is InChI=1S/C12H11FN2O4/c1-19-12(18)11-9(16)6-10(17)15(14-11)8-4-2-7(13)3-5-8/h2-6,12,16,18H,1H3/p+1/t12-/m1/s1. The molecule has 0 amide bonds. The van der Waals surface area contributed by atoms with E-state index < -0.39 is 23.4 Å². The number of aromatic amines is 1. The molecule has 19 heavy (non-hydrogen) atoms. The van der Waals surface area contributed by atoms with Crippen LogP contribution in [0.25, 0.3) is 5.69 Å². The molecule has 3 N–H and O–H groups in total. The van der Waals surface area contributed by atoms with Crippen LogP contribution in [0.3, 0.4) is 0 Å². The lowest BCUT2D eigenvalue weighted by atomic mass is 10.3. The van der Waals surface area contributed by atoms with Gasteiger partial charge in [0.1, 0.15) is 11.5 Å². The van der Waals surface area contributed by atoms with E-state index in [9.17, 15) is 19.4 Å². The van der Waals surface area contributed by atoms with Gasteiger partial charge in [0.15, 0.2) is 5.75 Å². The van der Waals surface area contributed by atoms with Crippen molar-refractivity contribution in [1.29, 1.82) is 0 Å². The molecule has 100 valence electrons. The molecule has 0 unspecified atom stereocenters. The zero-order valence-electron chi connectivity index (χ0n) is 10.0. The fourth-order valence-corrected chi connectivity index (χ4v) is 1.57. The number of aromatic nitrogens is 2. The normalized spacial score (nSPS) is 12.4. The SMILES string of the molecule is CO[C@@H](O)c1[nH+]n(-c2ccc(F)cc2)c(=O)cc1O. The van der Waals surface area contributed by atoms with Crippen molar-refractivity contribution in [1.82, 2.24) is 4.68 Å². The molecule has 0 aliphatic heterocycles. The quantitative estimate of drug-likeness (QED) is 0.774. The summed E-state index contributed by atoms with van der Waals surface area (Å²) in [6.07, 6.45) is -1.41. The number of halogens is 1. The highest BCUT2D eigenvalue weighted by atomic mass is 19.1. The number of nitrogens with one attached hydrogen (secondary N) is 1. The lowest BCUT2D eigenvalue weighted by Gasteiger charge is -2.06. The fraction of sp³-hybridized carbons (Fsp3) is 0.167. The Morgan fingerprint density at radius 2 is 2.00 bits per heavy atom. The molecule has 1 aromatic carbocycles. The van der Waals surface area contributed by atoms with E-state index in [-0.39, 0.29) is 5.69 Å². The summed E-state index contributed by atoms with van der Waals surface area (Å²) in [6, 6.07) is 6.07. The smallest absolute Gasteiger partial charge is 0.310 e. The second-order valence-corrected chi connectivity index (χ2v) is 3.79. The molecule has 6 nitrogen and oxygen atoms in total. The van der Waals surface area contributed by atoms with Crippen LogP contribution in [0.5, 0.6) is 5.75 Å². The van der Waals surface area contributed by atoms with Crippen molar-refractivity contribution in [2.45, 2.75) is 6.29 Å². The molecule has 0 aliphatic carbocycles. The number of hydrogen-bond acceptors (Lipinski definition) is 4. The summed E-state index contributed by atoms with van der Waals surface area (Å²) in [5.74, 6) is -0.856. The summed E-state index contributed by atoms with van der Waals surface area (Å²) in [6.45, 7) is 0. The third-order valence-corrected chi connectivity index (χ3v) is 2.54. The Balaban J connectivity index is 2.57. The van der Waals surface area contributed by atoms with Gasteiger partial charge in [-0.1, -0.05) is 4.68 Å². The molecular weight excluding hydrogens is 255 g/mol. The van der Waals surface area contributed by atoms with Crippen molar-refractivity contribution in [2.75, 3.05) is 7.11 Å². The van der Waals surface area contributed by atoms with Crippen LogP contribution >= 0.6 is 0 Å². The van der Waals surface area contributed by atoms with Gasteiger partial charge >= 0.3 is 11.3 Å². The minimum atomic E-state index is -1.41. The maximum atomic E-state index is 12.8. The van der Waals surface area contributed by atoms with Crippen LogP contribution in [-0.4, -0.2) is 22.0 Å². The van der Waals surface area contributed by atoms with Crippen molar-refractivity contribution in [3.63, 3.8) is 0 Å². The molecule has 0 radical (unpaired) electrons. The average Bonchev–Trinajstić information content (AvgIpc) is 2.39. The number of rotatable bonds is 3. The number of hydrogen-bond donors (Lipinski definition) is 2. The van der Waals surface area contributed by atoms with Crippen LogP contribution in [-0.2, 0) is 4.74 Å². The summed E-state index contributed by atoms with van der Waals surface area (Å²) in [4.78, 5) is 11.7. The maximum Gasteiger partial charge on any atom is 0.310 e. The lowest BCUT2D eigenvalue weighted by Crippen LogP contribution is -2.37. The number of ether oxygens (including phenoxy) is 1. The number of aromatic hydroxyl groups is 1. The van der Waals surface area contributed by atoms with Gasteiger partial charge in [-0.15, -0.1) is 5.10 Å². The Morgan fingerprint density at radius 3 is 2.58 bits per heavy atom. The van der Waals surface area contributed by atoms with Gasteiger partial charge in [-0.2, -0.15) is 0 Å². The molecular formula is C12H12FN2O4+. The molecule has 7 heteroatoms.